The molecule has 21 heavy (non-hydrogen) atoms. The summed E-state index contributed by atoms with van der Waals surface area (Å²) in [6.45, 7) is 4.02. The molecule has 112 valence electrons. The van der Waals surface area contributed by atoms with E-state index in [1.54, 1.807) is 7.11 Å². The van der Waals surface area contributed by atoms with Crippen LogP contribution in [0.2, 0.25) is 0 Å². The van der Waals surface area contributed by atoms with Crippen LogP contribution in [-0.4, -0.2) is 20.3 Å². The highest BCUT2D eigenvalue weighted by molar-refractivity contribution is 5.47. The van der Waals surface area contributed by atoms with Crippen LogP contribution in [0.15, 0.2) is 54.6 Å². The summed E-state index contributed by atoms with van der Waals surface area (Å²) in [6.07, 6.45) is 0. The van der Waals surface area contributed by atoms with Gasteiger partial charge in [-0.15, -0.1) is 0 Å². The Labute approximate surface area is 126 Å². The fourth-order valence-electron chi connectivity index (χ4n) is 2.16. The Kier molecular flexibility index (Phi) is 6.25. The van der Waals surface area contributed by atoms with Crippen LogP contribution in [0.4, 0.5) is 5.69 Å². The van der Waals surface area contributed by atoms with Crippen molar-refractivity contribution in [2.75, 3.05) is 25.6 Å². The normalized spacial score (nSPS) is 12.1. The number of ether oxygens (including phenoxy) is 2. The van der Waals surface area contributed by atoms with E-state index in [9.17, 15) is 0 Å². The molecule has 0 saturated heterocycles. The molecule has 0 spiro atoms. The predicted octanol–water partition coefficient (Wildman–Crippen LogP) is 4.02. The van der Waals surface area contributed by atoms with Crippen molar-refractivity contribution in [3.8, 4) is 0 Å². The summed E-state index contributed by atoms with van der Waals surface area (Å²) in [5.74, 6) is 0. The van der Waals surface area contributed by atoms with E-state index < -0.39 is 0 Å². The largest absolute Gasteiger partial charge is 0.382 e. The third-order valence-corrected chi connectivity index (χ3v) is 3.31. The highest BCUT2D eigenvalue weighted by Gasteiger charge is 2.04. The summed E-state index contributed by atoms with van der Waals surface area (Å²) in [5.41, 5.74) is 3.55. The molecule has 3 heteroatoms. The molecule has 1 unspecified atom stereocenters. The van der Waals surface area contributed by atoms with Crippen LogP contribution in [-0.2, 0) is 16.1 Å². The van der Waals surface area contributed by atoms with E-state index in [0.29, 0.717) is 19.8 Å². The van der Waals surface area contributed by atoms with Gasteiger partial charge in [0.2, 0.25) is 0 Å². The van der Waals surface area contributed by atoms with E-state index in [-0.39, 0.29) is 6.04 Å². The van der Waals surface area contributed by atoms with E-state index in [0.717, 1.165) is 11.3 Å². The number of benzene rings is 2. The summed E-state index contributed by atoms with van der Waals surface area (Å²) in [6, 6.07) is 19.0. The first-order chi connectivity index (χ1) is 10.3. The maximum Gasteiger partial charge on any atom is 0.0718 e. The second-order valence-electron chi connectivity index (χ2n) is 5.02. The molecular formula is C18H23NO2. The number of nitrogens with one attached hydrogen (secondary N) is 1. The first kappa shape index (κ1) is 15.5. The van der Waals surface area contributed by atoms with Gasteiger partial charge in [0.15, 0.2) is 0 Å². The second-order valence-corrected chi connectivity index (χ2v) is 5.02. The minimum atomic E-state index is 0.274. The Bertz CT molecular complexity index is 528. The Morgan fingerprint density at radius 3 is 2.57 bits per heavy atom. The van der Waals surface area contributed by atoms with Crippen molar-refractivity contribution < 1.29 is 9.47 Å². The number of rotatable bonds is 8. The zero-order valence-corrected chi connectivity index (χ0v) is 12.7. The Hall–Kier alpha value is -1.84. The van der Waals surface area contributed by atoms with Gasteiger partial charge in [0.1, 0.15) is 0 Å². The van der Waals surface area contributed by atoms with Crippen molar-refractivity contribution in [1.82, 2.24) is 0 Å². The Morgan fingerprint density at radius 1 is 1.00 bits per heavy atom. The molecule has 2 aromatic carbocycles. The highest BCUT2D eigenvalue weighted by Crippen LogP contribution is 2.20. The quantitative estimate of drug-likeness (QED) is 0.743. The fourth-order valence-corrected chi connectivity index (χ4v) is 2.16. The summed E-state index contributed by atoms with van der Waals surface area (Å²) < 4.78 is 10.5. The zero-order chi connectivity index (χ0) is 14.9. The van der Waals surface area contributed by atoms with Crippen molar-refractivity contribution in [3.05, 3.63) is 65.7 Å². The van der Waals surface area contributed by atoms with Gasteiger partial charge in [0.25, 0.3) is 0 Å². The van der Waals surface area contributed by atoms with E-state index in [1.807, 2.05) is 6.07 Å². The molecule has 2 aromatic rings. The number of methoxy groups -OCH3 is 1. The van der Waals surface area contributed by atoms with Crippen LogP contribution in [0, 0.1) is 0 Å². The molecule has 0 amide bonds. The number of hydrogen-bond donors (Lipinski definition) is 1. The molecule has 0 aromatic heterocycles. The van der Waals surface area contributed by atoms with E-state index >= 15 is 0 Å². The fraction of sp³-hybridized carbons (Fsp3) is 0.333. The smallest absolute Gasteiger partial charge is 0.0718 e. The van der Waals surface area contributed by atoms with Gasteiger partial charge in [-0.2, -0.15) is 0 Å². The summed E-state index contributed by atoms with van der Waals surface area (Å²) >= 11 is 0. The topological polar surface area (TPSA) is 30.5 Å². The summed E-state index contributed by atoms with van der Waals surface area (Å²) in [5, 5.41) is 3.52. The van der Waals surface area contributed by atoms with Gasteiger partial charge in [-0.25, -0.2) is 0 Å². The van der Waals surface area contributed by atoms with Gasteiger partial charge in [-0.1, -0.05) is 42.5 Å². The molecule has 0 radical (unpaired) electrons. The molecule has 0 heterocycles. The number of anilines is 1. The van der Waals surface area contributed by atoms with Crippen LogP contribution >= 0.6 is 0 Å². The van der Waals surface area contributed by atoms with E-state index in [1.165, 1.54) is 5.56 Å². The van der Waals surface area contributed by atoms with Gasteiger partial charge in [0.05, 0.1) is 19.8 Å². The van der Waals surface area contributed by atoms with Gasteiger partial charge in [0, 0.05) is 18.8 Å². The molecule has 0 aliphatic heterocycles. The van der Waals surface area contributed by atoms with Crippen LogP contribution < -0.4 is 5.32 Å². The van der Waals surface area contributed by atoms with Crippen molar-refractivity contribution in [1.29, 1.82) is 0 Å². The van der Waals surface area contributed by atoms with Crippen molar-refractivity contribution in [2.24, 2.45) is 0 Å². The third kappa shape index (κ3) is 5.21. The lowest BCUT2D eigenvalue weighted by molar-refractivity contribution is 0.0617. The van der Waals surface area contributed by atoms with Crippen LogP contribution in [0.1, 0.15) is 24.1 Å². The predicted molar refractivity (Wildman–Crippen MR) is 86.5 cm³/mol. The van der Waals surface area contributed by atoms with Gasteiger partial charge in [-0.3, -0.25) is 0 Å². The highest BCUT2D eigenvalue weighted by atomic mass is 16.5. The van der Waals surface area contributed by atoms with Crippen LogP contribution in [0.5, 0.6) is 0 Å². The molecule has 2 rings (SSSR count). The third-order valence-electron chi connectivity index (χ3n) is 3.31. The lowest BCUT2D eigenvalue weighted by Gasteiger charge is -2.16. The minimum absolute atomic E-state index is 0.274. The zero-order valence-electron chi connectivity index (χ0n) is 12.7. The van der Waals surface area contributed by atoms with Crippen LogP contribution in [0.3, 0.4) is 0 Å². The molecule has 1 N–H and O–H groups in total. The molecule has 0 saturated carbocycles. The lowest BCUT2D eigenvalue weighted by Crippen LogP contribution is -2.07. The average molecular weight is 285 g/mol. The van der Waals surface area contributed by atoms with Gasteiger partial charge in [-0.05, 0) is 30.2 Å². The molecule has 0 fully saturated rings. The SMILES string of the molecule is COCCOCc1cccc(NC(C)c2ccccc2)c1. The lowest BCUT2D eigenvalue weighted by atomic mass is 10.1. The minimum Gasteiger partial charge on any atom is -0.382 e. The molecular weight excluding hydrogens is 262 g/mol. The Morgan fingerprint density at radius 2 is 1.81 bits per heavy atom. The summed E-state index contributed by atoms with van der Waals surface area (Å²) in [4.78, 5) is 0. The van der Waals surface area contributed by atoms with Gasteiger partial charge < -0.3 is 14.8 Å². The molecule has 0 aliphatic carbocycles. The second kappa shape index (κ2) is 8.45. The van der Waals surface area contributed by atoms with E-state index in [4.69, 9.17) is 9.47 Å². The first-order valence-corrected chi connectivity index (χ1v) is 7.26. The van der Waals surface area contributed by atoms with Crippen molar-refractivity contribution in [3.63, 3.8) is 0 Å². The molecule has 0 aliphatic rings. The average Bonchev–Trinajstić information content (AvgIpc) is 2.53. The van der Waals surface area contributed by atoms with Gasteiger partial charge >= 0.3 is 0 Å². The van der Waals surface area contributed by atoms with Crippen molar-refractivity contribution in [2.45, 2.75) is 19.6 Å². The Balaban J connectivity index is 1.91. The number of hydrogen-bond acceptors (Lipinski definition) is 3. The molecule has 1 atom stereocenters. The first-order valence-electron chi connectivity index (χ1n) is 7.26. The summed E-state index contributed by atoms with van der Waals surface area (Å²) in [7, 11) is 1.68. The van der Waals surface area contributed by atoms with E-state index in [2.05, 4.69) is 60.8 Å². The maximum absolute atomic E-state index is 5.55. The maximum atomic E-state index is 5.55. The van der Waals surface area contributed by atoms with Crippen LogP contribution in [0.25, 0.3) is 0 Å². The molecule has 3 nitrogen and oxygen atoms in total. The standard InChI is InChI=1S/C18H23NO2/c1-15(17-8-4-3-5-9-17)19-18-10-6-7-16(13-18)14-21-12-11-20-2/h3-10,13,15,19H,11-12,14H2,1-2H3. The monoisotopic (exact) mass is 285 g/mol. The van der Waals surface area contributed by atoms with Crippen molar-refractivity contribution >= 4 is 5.69 Å². The molecule has 0 bridgehead atoms.